The lowest BCUT2D eigenvalue weighted by atomic mass is 10.2. The maximum Gasteiger partial charge on any atom is 0.309 e. The van der Waals surface area contributed by atoms with Crippen molar-refractivity contribution in [2.75, 3.05) is 6.54 Å². The monoisotopic (exact) mass is 417 g/mol. The number of amides is 2. The molecule has 0 aliphatic carbocycles. The Hall–Kier alpha value is -2.74. The Kier molecular flexibility index (Phi) is 7.50. The van der Waals surface area contributed by atoms with Gasteiger partial charge in [-0.2, -0.15) is 0 Å². The van der Waals surface area contributed by atoms with Gasteiger partial charge in [0.2, 0.25) is 0 Å². The van der Waals surface area contributed by atoms with E-state index in [-0.39, 0.29) is 17.5 Å². The molecule has 0 unspecified atom stereocenters. The molecule has 1 aromatic carbocycles. The summed E-state index contributed by atoms with van der Waals surface area (Å²) in [4.78, 5) is 28.4. The Morgan fingerprint density at radius 1 is 1.14 bits per heavy atom. The van der Waals surface area contributed by atoms with Gasteiger partial charge in [0.1, 0.15) is 5.25 Å². The number of nitrogens with one attached hydrogen (secondary N) is 2. The quantitative estimate of drug-likeness (QED) is 0.672. The summed E-state index contributed by atoms with van der Waals surface area (Å²) in [6.07, 6.45) is 3.68. The van der Waals surface area contributed by atoms with E-state index in [0.717, 1.165) is 5.56 Å². The van der Waals surface area contributed by atoms with Gasteiger partial charge in [0.05, 0.1) is 4.90 Å². The Bertz CT molecular complexity index is 975. The Balaban J connectivity index is 2.33. The van der Waals surface area contributed by atoms with Crippen LogP contribution in [0.4, 0.5) is 0 Å². The first-order chi connectivity index (χ1) is 13.7. The van der Waals surface area contributed by atoms with Gasteiger partial charge >= 0.3 is 11.8 Å². The van der Waals surface area contributed by atoms with Gasteiger partial charge in [-0.3, -0.25) is 14.6 Å². The smallest absolute Gasteiger partial charge is 0.309 e. The molecule has 0 saturated carbocycles. The van der Waals surface area contributed by atoms with Crippen LogP contribution in [-0.4, -0.2) is 37.8 Å². The Morgan fingerprint density at radius 2 is 1.86 bits per heavy atom. The molecule has 156 valence electrons. The number of benzene rings is 1. The van der Waals surface area contributed by atoms with E-state index in [1.165, 1.54) is 6.20 Å². The van der Waals surface area contributed by atoms with E-state index in [9.17, 15) is 18.0 Å². The third kappa shape index (κ3) is 5.63. The summed E-state index contributed by atoms with van der Waals surface area (Å²) in [5.41, 5.74) is 1.87. The normalized spacial score (nSPS) is 13.4. The van der Waals surface area contributed by atoms with Gasteiger partial charge in [0.15, 0.2) is 9.84 Å². The van der Waals surface area contributed by atoms with E-state index in [0.29, 0.717) is 17.5 Å². The van der Waals surface area contributed by atoms with Crippen molar-refractivity contribution in [3.8, 4) is 0 Å². The SMILES string of the molecule is CC[C@H](C)NC(=O)C(=O)NC[C@H](c1cccnc1)S(=O)(=O)c1cc(C)ccc1C. The number of carbonyl (C=O) groups excluding carboxylic acids is 2. The number of carbonyl (C=O) groups is 2. The molecule has 0 saturated heterocycles. The third-order valence-corrected chi connectivity index (χ3v) is 6.97. The van der Waals surface area contributed by atoms with Gasteiger partial charge in [-0.05, 0) is 56.0 Å². The molecule has 29 heavy (non-hydrogen) atoms. The molecule has 2 aromatic rings. The number of aryl methyl sites for hydroxylation is 2. The summed E-state index contributed by atoms with van der Waals surface area (Å²) in [6.45, 7) is 6.98. The first-order valence-corrected chi connectivity index (χ1v) is 11.0. The molecule has 7 nitrogen and oxygen atoms in total. The first kappa shape index (κ1) is 22.5. The molecule has 0 aliphatic rings. The van der Waals surface area contributed by atoms with Gasteiger partial charge in [-0.25, -0.2) is 8.42 Å². The van der Waals surface area contributed by atoms with E-state index in [2.05, 4.69) is 15.6 Å². The number of sulfone groups is 1. The average molecular weight is 418 g/mol. The van der Waals surface area contributed by atoms with Crippen molar-refractivity contribution >= 4 is 21.7 Å². The highest BCUT2D eigenvalue weighted by Crippen LogP contribution is 2.30. The third-order valence-electron chi connectivity index (χ3n) is 4.73. The van der Waals surface area contributed by atoms with E-state index in [1.807, 2.05) is 19.9 Å². The van der Waals surface area contributed by atoms with E-state index < -0.39 is 26.9 Å². The molecule has 8 heteroatoms. The standard InChI is InChI=1S/C21H27N3O4S/c1-5-16(4)24-21(26)20(25)23-13-19(17-7-6-10-22-12-17)29(27,28)18-11-14(2)8-9-15(18)3/h6-12,16,19H,5,13H2,1-4H3,(H,23,25)(H,24,26)/t16-,19+/m0/s1. The number of hydrogen-bond donors (Lipinski definition) is 2. The van der Waals surface area contributed by atoms with Crippen LogP contribution in [0.2, 0.25) is 0 Å². The number of pyridine rings is 1. The second kappa shape index (κ2) is 9.65. The van der Waals surface area contributed by atoms with E-state index >= 15 is 0 Å². The fraction of sp³-hybridized carbons (Fsp3) is 0.381. The predicted molar refractivity (Wildman–Crippen MR) is 111 cm³/mol. The van der Waals surface area contributed by atoms with Crippen molar-refractivity contribution in [3.05, 3.63) is 59.4 Å². The summed E-state index contributed by atoms with van der Waals surface area (Å²) >= 11 is 0. The van der Waals surface area contributed by atoms with E-state index in [1.54, 1.807) is 44.3 Å². The van der Waals surface area contributed by atoms with Crippen molar-refractivity contribution < 1.29 is 18.0 Å². The topological polar surface area (TPSA) is 105 Å². The van der Waals surface area contributed by atoms with Gasteiger partial charge < -0.3 is 10.6 Å². The van der Waals surface area contributed by atoms with Crippen LogP contribution in [0.15, 0.2) is 47.6 Å². The van der Waals surface area contributed by atoms with Crippen LogP contribution in [0.1, 0.15) is 42.2 Å². The molecule has 2 rings (SSSR count). The lowest BCUT2D eigenvalue weighted by molar-refractivity contribution is -0.139. The maximum absolute atomic E-state index is 13.4. The van der Waals surface area contributed by atoms with Crippen LogP contribution in [0.3, 0.4) is 0 Å². The zero-order chi connectivity index (χ0) is 21.6. The molecular weight excluding hydrogens is 390 g/mol. The number of hydrogen-bond acceptors (Lipinski definition) is 5. The molecule has 1 aromatic heterocycles. The second-order valence-electron chi connectivity index (χ2n) is 7.08. The number of aromatic nitrogens is 1. The average Bonchev–Trinajstić information content (AvgIpc) is 2.70. The lowest BCUT2D eigenvalue weighted by Gasteiger charge is -2.20. The maximum atomic E-state index is 13.4. The van der Waals surface area contributed by atoms with Crippen molar-refractivity contribution in [1.82, 2.24) is 15.6 Å². The van der Waals surface area contributed by atoms with Gasteiger partial charge in [0, 0.05) is 25.0 Å². The Morgan fingerprint density at radius 3 is 2.48 bits per heavy atom. The minimum Gasteiger partial charge on any atom is -0.346 e. The molecule has 2 atom stereocenters. The zero-order valence-corrected chi connectivity index (χ0v) is 17.9. The Labute approximate surface area is 171 Å². The predicted octanol–water partition coefficient (Wildman–Crippen LogP) is 2.24. The summed E-state index contributed by atoms with van der Waals surface area (Å²) in [6, 6.07) is 8.34. The van der Waals surface area contributed by atoms with Crippen LogP contribution in [-0.2, 0) is 19.4 Å². The molecule has 0 aliphatic heterocycles. The largest absolute Gasteiger partial charge is 0.346 e. The molecule has 0 radical (unpaired) electrons. The number of nitrogens with zero attached hydrogens (tertiary/aromatic N) is 1. The fourth-order valence-corrected chi connectivity index (χ4v) is 4.77. The van der Waals surface area contributed by atoms with Gasteiger partial charge in [-0.15, -0.1) is 0 Å². The van der Waals surface area contributed by atoms with Gasteiger partial charge in [-0.1, -0.05) is 25.1 Å². The molecule has 0 bridgehead atoms. The summed E-state index contributed by atoms with van der Waals surface area (Å²) in [7, 11) is -3.84. The van der Waals surface area contributed by atoms with Crippen molar-refractivity contribution in [3.63, 3.8) is 0 Å². The van der Waals surface area contributed by atoms with Crippen LogP contribution >= 0.6 is 0 Å². The summed E-state index contributed by atoms with van der Waals surface area (Å²) in [5.74, 6) is -1.65. The highest BCUT2D eigenvalue weighted by atomic mass is 32.2. The van der Waals surface area contributed by atoms with E-state index in [4.69, 9.17) is 0 Å². The molecule has 0 fully saturated rings. The highest BCUT2D eigenvalue weighted by molar-refractivity contribution is 7.91. The zero-order valence-electron chi connectivity index (χ0n) is 17.1. The second-order valence-corrected chi connectivity index (χ2v) is 9.18. The minimum atomic E-state index is -3.84. The van der Waals surface area contributed by atoms with Gasteiger partial charge in [0.25, 0.3) is 0 Å². The van der Waals surface area contributed by atoms with Crippen LogP contribution < -0.4 is 10.6 Å². The van der Waals surface area contributed by atoms with Crippen molar-refractivity contribution in [1.29, 1.82) is 0 Å². The lowest BCUT2D eigenvalue weighted by Crippen LogP contribution is -2.45. The fourth-order valence-electron chi connectivity index (χ4n) is 2.80. The summed E-state index contributed by atoms with van der Waals surface area (Å²) < 4.78 is 26.9. The first-order valence-electron chi connectivity index (χ1n) is 9.46. The molecule has 2 N–H and O–H groups in total. The van der Waals surface area contributed by atoms with Crippen LogP contribution in [0.25, 0.3) is 0 Å². The molecule has 1 heterocycles. The molecule has 0 spiro atoms. The molecular formula is C21H27N3O4S. The highest BCUT2D eigenvalue weighted by Gasteiger charge is 2.32. The van der Waals surface area contributed by atoms with Crippen molar-refractivity contribution in [2.45, 2.75) is 50.3 Å². The molecule has 2 amide bonds. The van der Waals surface area contributed by atoms with Crippen LogP contribution in [0.5, 0.6) is 0 Å². The minimum absolute atomic E-state index is 0.152. The summed E-state index contributed by atoms with van der Waals surface area (Å²) in [5, 5.41) is 3.96. The van der Waals surface area contributed by atoms with Crippen molar-refractivity contribution in [2.24, 2.45) is 0 Å². The number of rotatable bonds is 7. The van der Waals surface area contributed by atoms with Crippen LogP contribution in [0, 0.1) is 13.8 Å².